The number of halogens is 2. The maximum Gasteiger partial charge on any atom is 0.185 e. The molecule has 0 amide bonds. The Bertz CT molecular complexity index is 684. The third-order valence-electron chi connectivity index (χ3n) is 5.29. The molecule has 4 nitrogen and oxygen atoms in total. The zero-order valence-electron chi connectivity index (χ0n) is 15.3. The summed E-state index contributed by atoms with van der Waals surface area (Å²) in [4.78, 5) is 7.06. The molecule has 2 fully saturated rings. The van der Waals surface area contributed by atoms with Gasteiger partial charge >= 0.3 is 0 Å². The molecule has 1 heterocycles. The van der Waals surface area contributed by atoms with Crippen molar-refractivity contribution in [1.82, 2.24) is 4.90 Å². The van der Waals surface area contributed by atoms with Crippen LogP contribution in [0, 0.1) is 11.8 Å². The molecule has 0 aromatic heterocycles. The average molecular weight is 396 g/mol. The molecule has 26 heavy (non-hydrogen) atoms. The summed E-state index contributed by atoms with van der Waals surface area (Å²) in [5.74, 6) is 1.79. The maximum absolute atomic E-state index is 6.02. The van der Waals surface area contributed by atoms with E-state index in [0.717, 1.165) is 17.3 Å². The van der Waals surface area contributed by atoms with Crippen LogP contribution in [0.2, 0.25) is 10.0 Å². The fourth-order valence-electron chi connectivity index (χ4n) is 3.64. The van der Waals surface area contributed by atoms with Crippen LogP contribution in [0.15, 0.2) is 35.2 Å². The zero-order valence-corrected chi connectivity index (χ0v) is 16.8. The Labute approximate surface area is 166 Å². The Kier molecular flexibility index (Phi) is 6.85. The number of benzene rings is 1. The van der Waals surface area contributed by atoms with Gasteiger partial charge in [-0.25, -0.2) is 0 Å². The minimum Gasteiger partial charge on any atom is -0.479 e. The lowest BCUT2D eigenvalue weighted by atomic mass is 9.74. The van der Waals surface area contributed by atoms with Crippen molar-refractivity contribution in [1.29, 1.82) is 0 Å². The summed E-state index contributed by atoms with van der Waals surface area (Å²) < 4.78 is 5.78. The molecule has 2 aliphatic rings. The van der Waals surface area contributed by atoms with Crippen molar-refractivity contribution in [3.05, 3.63) is 40.2 Å². The molecule has 1 aromatic carbocycles. The molecule has 142 valence electrons. The minimum atomic E-state index is 0.415. The normalized spacial score (nSPS) is 24.6. The van der Waals surface area contributed by atoms with Gasteiger partial charge in [0, 0.05) is 18.3 Å². The number of likely N-dealkylation sites (tertiary alicyclic amines) is 1. The third kappa shape index (κ3) is 5.38. The predicted octanol–water partition coefficient (Wildman–Crippen LogP) is 5.02. The summed E-state index contributed by atoms with van der Waals surface area (Å²) in [5, 5.41) is 1.01. The van der Waals surface area contributed by atoms with E-state index in [2.05, 4.69) is 9.89 Å². The van der Waals surface area contributed by atoms with Crippen molar-refractivity contribution in [2.45, 2.75) is 32.6 Å². The van der Waals surface area contributed by atoms with Crippen molar-refractivity contribution >= 4 is 34.6 Å². The van der Waals surface area contributed by atoms with Crippen LogP contribution >= 0.6 is 23.2 Å². The third-order valence-corrected chi connectivity index (χ3v) is 6.03. The highest BCUT2D eigenvalue weighted by molar-refractivity contribution is 6.42. The van der Waals surface area contributed by atoms with Crippen LogP contribution in [0.5, 0.6) is 0 Å². The minimum absolute atomic E-state index is 0.415. The van der Waals surface area contributed by atoms with E-state index < -0.39 is 0 Å². The van der Waals surface area contributed by atoms with E-state index in [1.165, 1.54) is 45.3 Å². The van der Waals surface area contributed by atoms with Gasteiger partial charge in [0.2, 0.25) is 0 Å². The van der Waals surface area contributed by atoms with Crippen LogP contribution < -0.4 is 5.73 Å². The lowest BCUT2D eigenvalue weighted by molar-refractivity contribution is 0.0471. The van der Waals surface area contributed by atoms with Crippen LogP contribution in [0.25, 0.3) is 0 Å². The van der Waals surface area contributed by atoms with E-state index in [1.54, 1.807) is 18.2 Å². The quantitative estimate of drug-likeness (QED) is 0.520. The van der Waals surface area contributed by atoms with E-state index in [1.807, 2.05) is 13.0 Å². The van der Waals surface area contributed by atoms with Crippen LogP contribution in [0.1, 0.15) is 32.6 Å². The fourth-order valence-corrected chi connectivity index (χ4v) is 3.93. The standard InChI is InChI=1S/C20H27Cl2N3O/c1-14(24-17-6-7-18(21)19(22)11-17)10-20(23)26-13-16-5-4-15(16)12-25-8-2-3-9-25/h6-7,10-11,15-16H,2-5,8-9,12-13,23H2,1H3/t15-,16+/m1/s1. The van der Waals surface area contributed by atoms with E-state index >= 15 is 0 Å². The molecule has 0 radical (unpaired) electrons. The number of rotatable bonds is 7. The Balaban J connectivity index is 1.48. The first-order valence-corrected chi connectivity index (χ1v) is 10.1. The second-order valence-electron chi connectivity index (χ2n) is 7.31. The number of nitrogens with two attached hydrogens (primary N) is 1. The molecule has 1 saturated heterocycles. The summed E-state index contributed by atoms with van der Waals surface area (Å²) in [7, 11) is 0. The van der Waals surface area contributed by atoms with E-state index in [4.69, 9.17) is 33.7 Å². The molecular weight excluding hydrogens is 369 g/mol. The second kappa shape index (κ2) is 9.12. The Morgan fingerprint density at radius 3 is 2.62 bits per heavy atom. The second-order valence-corrected chi connectivity index (χ2v) is 8.13. The molecule has 1 aliphatic heterocycles. The molecule has 2 N–H and O–H groups in total. The molecule has 3 rings (SSSR count). The monoisotopic (exact) mass is 395 g/mol. The van der Waals surface area contributed by atoms with Gasteiger partial charge in [-0.05, 0) is 75.7 Å². The van der Waals surface area contributed by atoms with Gasteiger partial charge in [0.25, 0.3) is 0 Å². The van der Waals surface area contributed by atoms with Crippen LogP contribution in [-0.4, -0.2) is 36.9 Å². The number of hydrogen-bond acceptors (Lipinski definition) is 4. The Morgan fingerprint density at radius 1 is 1.23 bits per heavy atom. The van der Waals surface area contributed by atoms with Gasteiger partial charge in [-0.2, -0.15) is 0 Å². The molecule has 0 unspecified atom stereocenters. The topological polar surface area (TPSA) is 50.9 Å². The maximum atomic E-state index is 6.02. The largest absolute Gasteiger partial charge is 0.479 e. The van der Waals surface area contributed by atoms with Gasteiger partial charge in [0.1, 0.15) is 0 Å². The first-order chi connectivity index (χ1) is 12.5. The lowest BCUT2D eigenvalue weighted by Gasteiger charge is -2.38. The summed E-state index contributed by atoms with van der Waals surface area (Å²) >= 11 is 11.9. The van der Waals surface area contributed by atoms with E-state index in [-0.39, 0.29) is 0 Å². The van der Waals surface area contributed by atoms with Crippen LogP contribution in [0.4, 0.5) is 5.69 Å². The summed E-state index contributed by atoms with van der Waals surface area (Å²) in [5.41, 5.74) is 7.53. The zero-order chi connectivity index (χ0) is 18.5. The molecule has 6 heteroatoms. The van der Waals surface area contributed by atoms with Crippen molar-refractivity contribution in [2.24, 2.45) is 22.6 Å². The SMILES string of the molecule is CC(C=C(N)OC[C@@H]1CC[C@@H]1CN1CCCC1)=Nc1ccc(Cl)c(Cl)c1. The number of aliphatic imine (C=N–C) groups is 1. The highest BCUT2D eigenvalue weighted by Crippen LogP contribution is 2.36. The number of ether oxygens (including phenoxy) is 1. The van der Waals surface area contributed by atoms with Gasteiger partial charge in [0.05, 0.1) is 22.3 Å². The summed E-state index contributed by atoms with van der Waals surface area (Å²) in [6.07, 6.45) is 7.01. The van der Waals surface area contributed by atoms with Gasteiger partial charge in [-0.15, -0.1) is 0 Å². The van der Waals surface area contributed by atoms with Gasteiger partial charge in [-0.1, -0.05) is 23.2 Å². The average Bonchev–Trinajstić information content (AvgIpc) is 3.08. The smallest absolute Gasteiger partial charge is 0.185 e. The van der Waals surface area contributed by atoms with E-state index in [9.17, 15) is 0 Å². The Hall–Kier alpha value is -1.23. The van der Waals surface area contributed by atoms with Crippen molar-refractivity contribution in [2.75, 3.05) is 26.2 Å². The molecule has 1 aromatic rings. The van der Waals surface area contributed by atoms with Crippen molar-refractivity contribution in [3.8, 4) is 0 Å². The Morgan fingerprint density at radius 2 is 1.96 bits per heavy atom. The highest BCUT2D eigenvalue weighted by atomic mass is 35.5. The molecule has 0 bridgehead atoms. The first kappa shape index (κ1) is 19.5. The van der Waals surface area contributed by atoms with E-state index in [0.29, 0.717) is 28.5 Å². The fraction of sp³-hybridized carbons (Fsp3) is 0.550. The molecular formula is C20H27Cl2N3O. The number of allylic oxidation sites excluding steroid dienone is 1. The number of hydrogen-bond donors (Lipinski definition) is 1. The summed E-state index contributed by atoms with van der Waals surface area (Å²) in [6, 6.07) is 5.28. The predicted molar refractivity (Wildman–Crippen MR) is 109 cm³/mol. The first-order valence-electron chi connectivity index (χ1n) is 9.34. The molecule has 0 spiro atoms. The van der Waals surface area contributed by atoms with Gasteiger partial charge < -0.3 is 15.4 Å². The van der Waals surface area contributed by atoms with Crippen molar-refractivity contribution < 1.29 is 4.74 Å². The van der Waals surface area contributed by atoms with Crippen molar-refractivity contribution in [3.63, 3.8) is 0 Å². The lowest BCUT2D eigenvalue weighted by Crippen LogP contribution is -2.39. The van der Waals surface area contributed by atoms with Gasteiger partial charge in [-0.3, -0.25) is 4.99 Å². The van der Waals surface area contributed by atoms with Gasteiger partial charge in [0.15, 0.2) is 5.88 Å². The molecule has 1 saturated carbocycles. The summed E-state index contributed by atoms with van der Waals surface area (Å²) in [6.45, 7) is 6.32. The number of nitrogens with zero attached hydrogens (tertiary/aromatic N) is 2. The highest BCUT2D eigenvalue weighted by Gasteiger charge is 2.33. The van der Waals surface area contributed by atoms with Crippen LogP contribution in [-0.2, 0) is 4.74 Å². The molecule has 1 aliphatic carbocycles. The van der Waals surface area contributed by atoms with Crippen LogP contribution in [0.3, 0.4) is 0 Å². The molecule has 2 atom stereocenters.